The summed E-state index contributed by atoms with van der Waals surface area (Å²) in [6.07, 6.45) is 0. The number of methoxy groups -OCH3 is 1. The van der Waals surface area contributed by atoms with Crippen LogP contribution >= 0.6 is 12.6 Å². The summed E-state index contributed by atoms with van der Waals surface area (Å²) in [6, 6.07) is 3.06. The maximum Gasteiger partial charge on any atom is 0.140 e. The van der Waals surface area contributed by atoms with E-state index in [1.807, 2.05) is 0 Å². The first kappa shape index (κ1) is 8.40. The van der Waals surface area contributed by atoms with Crippen LogP contribution in [-0.2, 0) is 0 Å². The lowest BCUT2D eigenvalue weighted by Crippen LogP contribution is -1.88. The molecule has 0 heterocycles. The van der Waals surface area contributed by atoms with Crippen LogP contribution < -0.4 is 4.74 Å². The number of thiol groups is 1. The first-order valence-electron chi connectivity index (χ1n) is 3.18. The standard InChI is InChI=1S/C8H9FOS/c1-5-3-6(10-2)4-7(9)8(5)11/h3-4,11H,1-2H3. The largest absolute Gasteiger partial charge is 0.497 e. The van der Waals surface area contributed by atoms with Gasteiger partial charge >= 0.3 is 0 Å². The summed E-state index contributed by atoms with van der Waals surface area (Å²) in [5.41, 5.74) is 0.783. The van der Waals surface area contributed by atoms with Crippen molar-refractivity contribution in [1.82, 2.24) is 0 Å². The molecular weight excluding hydrogens is 163 g/mol. The summed E-state index contributed by atoms with van der Waals surface area (Å²) in [5, 5.41) is 0. The van der Waals surface area contributed by atoms with Gasteiger partial charge in [-0.15, -0.1) is 12.6 Å². The fourth-order valence-electron chi connectivity index (χ4n) is 0.823. The van der Waals surface area contributed by atoms with Crippen LogP contribution in [0.4, 0.5) is 4.39 Å². The van der Waals surface area contributed by atoms with E-state index >= 15 is 0 Å². The molecule has 0 N–H and O–H groups in total. The molecule has 11 heavy (non-hydrogen) atoms. The molecule has 0 bridgehead atoms. The van der Waals surface area contributed by atoms with Crippen molar-refractivity contribution < 1.29 is 9.13 Å². The number of benzene rings is 1. The molecule has 0 saturated heterocycles. The first-order chi connectivity index (χ1) is 5.15. The zero-order chi connectivity index (χ0) is 8.43. The molecule has 1 rings (SSSR count). The third-order valence-corrected chi connectivity index (χ3v) is 2.03. The molecule has 60 valence electrons. The summed E-state index contributed by atoms with van der Waals surface area (Å²) < 4.78 is 17.7. The Hall–Kier alpha value is -0.700. The predicted octanol–water partition coefficient (Wildman–Crippen LogP) is 2.43. The van der Waals surface area contributed by atoms with Crippen LogP contribution in [-0.4, -0.2) is 7.11 Å². The molecule has 1 aromatic rings. The summed E-state index contributed by atoms with van der Waals surface area (Å²) in [6.45, 7) is 1.79. The average molecular weight is 172 g/mol. The third-order valence-electron chi connectivity index (χ3n) is 1.46. The van der Waals surface area contributed by atoms with Crippen molar-refractivity contribution in [2.45, 2.75) is 11.8 Å². The van der Waals surface area contributed by atoms with Gasteiger partial charge in [-0.2, -0.15) is 0 Å². The molecular formula is C8H9FOS. The van der Waals surface area contributed by atoms with E-state index in [-0.39, 0.29) is 5.82 Å². The number of rotatable bonds is 1. The van der Waals surface area contributed by atoms with Gasteiger partial charge in [0, 0.05) is 11.0 Å². The Morgan fingerprint density at radius 3 is 2.55 bits per heavy atom. The molecule has 0 aliphatic carbocycles. The Bertz CT molecular complexity index is 250. The smallest absolute Gasteiger partial charge is 0.140 e. The van der Waals surface area contributed by atoms with Crippen molar-refractivity contribution in [3.63, 3.8) is 0 Å². The Labute approximate surface area is 70.6 Å². The van der Waals surface area contributed by atoms with Crippen LogP contribution in [0.3, 0.4) is 0 Å². The highest BCUT2D eigenvalue weighted by atomic mass is 32.1. The molecule has 0 radical (unpaired) electrons. The van der Waals surface area contributed by atoms with Crippen molar-refractivity contribution in [1.29, 1.82) is 0 Å². The fraction of sp³-hybridized carbons (Fsp3) is 0.250. The number of halogens is 1. The predicted molar refractivity (Wildman–Crippen MR) is 44.9 cm³/mol. The van der Waals surface area contributed by atoms with Crippen LogP contribution in [0.15, 0.2) is 17.0 Å². The van der Waals surface area contributed by atoms with E-state index < -0.39 is 0 Å². The Kier molecular flexibility index (Phi) is 2.39. The van der Waals surface area contributed by atoms with Crippen molar-refractivity contribution >= 4 is 12.6 Å². The van der Waals surface area contributed by atoms with E-state index in [1.165, 1.54) is 13.2 Å². The van der Waals surface area contributed by atoms with Crippen LogP contribution in [0.1, 0.15) is 5.56 Å². The second kappa shape index (κ2) is 3.13. The normalized spacial score (nSPS) is 9.82. The van der Waals surface area contributed by atoms with Crippen LogP contribution in [0, 0.1) is 12.7 Å². The highest BCUT2D eigenvalue weighted by Gasteiger charge is 2.03. The molecule has 0 saturated carbocycles. The van der Waals surface area contributed by atoms with E-state index in [0.29, 0.717) is 10.6 Å². The van der Waals surface area contributed by atoms with E-state index in [9.17, 15) is 4.39 Å². The van der Waals surface area contributed by atoms with Gasteiger partial charge in [-0.3, -0.25) is 0 Å². The SMILES string of the molecule is COc1cc(C)c(S)c(F)c1. The first-order valence-corrected chi connectivity index (χ1v) is 3.63. The van der Waals surface area contributed by atoms with E-state index in [1.54, 1.807) is 13.0 Å². The minimum atomic E-state index is -0.342. The molecule has 0 spiro atoms. The Morgan fingerprint density at radius 1 is 1.45 bits per heavy atom. The van der Waals surface area contributed by atoms with Gasteiger partial charge in [-0.1, -0.05) is 0 Å². The zero-order valence-electron chi connectivity index (χ0n) is 6.39. The molecule has 0 aliphatic rings. The Morgan fingerprint density at radius 2 is 2.09 bits per heavy atom. The number of hydrogen-bond donors (Lipinski definition) is 1. The van der Waals surface area contributed by atoms with Gasteiger partial charge in [0.15, 0.2) is 0 Å². The molecule has 0 unspecified atom stereocenters. The molecule has 0 fully saturated rings. The highest BCUT2D eigenvalue weighted by molar-refractivity contribution is 7.80. The van der Waals surface area contributed by atoms with Gasteiger partial charge in [-0.25, -0.2) is 4.39 Å². The van der Waals surface area contributed by atoms with Crippen molar-refractivity contribution in [2.75, 3.05) is 7.11 Å². The second-order valence-corrected chi connectivity index (χ2v) is 2.72. The highest BCUT2D eigenvalue weighted by Crippen LogP contribution is 2.23. The maximum atomic E-state index is 12.9. The summed E-state index contributed by atoms with van der Waals surface area (Å²) in [5.74, 6) is 0.183. The minimum Gasteiger partial charge on any atom is -0.497 e. The molecule has 0 aromatic heterocycles. The number of ether oxygens (including phenoxy) is 1. The monoisotopic (exact) mass is 172 g/mol. The van der Waals surface area contributed by atoms with Gasteiger partial charge in [-0.05, 0) is 18.6 Å². The van der Waals surface area contributed by atoms with Crippen molar-refractivity contribution in [3.05, 3.63) is 23.5 Å². The van der Waals surface area contributed by atoms with Gasteiger partial charge in [0.2, 0.25) is 0 Å². The third kappa shape index (κ3) is 1.66. The van der Waals surface area contributed by atoms with Crippen molar-refractivity contribution in [3.8, 4) is 5.75 Å². The lowest BCUT2D eigenvalue weighted by Gasteiger charge is -2.04. The molecule has 0 amide bonds. The van der Waals surface area contributed by atoms with Gasteiger partial charge in [0.05, 0.1) is 7.11 Å². The van der Waals surface area contributed by atoms with Gasteiger partial charge in [0.1, 0.15) is 11.6 Å². The Balaban J connectivity index is 3.21. The number of hydrogen-bond acceptors (Lipinski definition) is 2. The average Bonchev–Trinajstić information content (AvgIpc) is 1.99. The number of aryl methyl sites for hydroxylation is 1. The molecule has 3 heteroatoms. The summed E-state index contributed by atoms with van der Waals surface area (Å²) in [4.78, 5) is 0.380. The van der Waals surface area contributed by atoms with Gasteiger partial charge in [0.25, 0.3) is 0 Å². The van der Waals surface area contributed by atoms with E-state index in [0.717, 1.165) is 5.56 Å². The van der Waals surface area contributed by atoms with Crippen LogP contribution in [0.5, 0.6) is 5.75 Å². The molecule has 0 atom stereocenters. The molecule has 0 aliphatic heterocycles. The van der Waals surface area contributed by atoms with Crippen LogP contribution in [0.2, 0.25) is 0 Å². The molecule has 1 nitrogen and oxygen atoms in total. The second-order valence-electron chi connectivity index (χ2n) is 2.27. The molecule has 1 aromatic carbocycles. The van der Waals surface area contributed by atoms with Crippen molar-refractivity contribution in [2.24, 2.45) is 0 Å². The quantitative estimate of drug-likeness (QED) is 0.640. The summed E-state index contributed by atoms with van der Waals surface area (Å²) in [7, 11) is 1.51. The maximum absolute atomic E-state index is 12.9. The van der Waals surface area contributed by atoms with E-state index in [4.69, 9.17) is 4.74 Å². The van der Waals surface area contributed by atoms with Crippen LogP contribution in [0.25, 0.3) is 0 Å². The minimum absolute atomic E-state index is 0.342. The zero-order valence-corrected chi connectivity index (χ0v) is 7.28. The summed E-state index contributed by atoms with van der Waals surface area (Å²) >= 11 is 3.97. The van der Waals surface area contributed by atoms with Gasteiger partial charge < -0.3 is 4.74 Å². The lowest BCUT2D eigenvalue weighted by molar-refractivity contribution is 0.409. The topological polar surface area (TPSA) is 9.23 Å². The van der Waals surface area contributed by atoms with E-state index in [2.05, 4.69) is 12.6 Å². The lowest BCUT2D eigenvalue weighted by atomic mass is 10.2. The fourth-order valence-corrected chi connectivity index (χ4v) is 0.952.